The van der Waals surface area contributed by atoms with E-state index in [1.807, 2.05) is 0 Å². The summed E-state index contributed by atoms with van der Waals surface area (Å²) in [7, 11) is -1.66. The number of methoxy groups -OCH3 is 1. The van der Waals surface area contributed by atoms with Crippen LogP contribution in [0.1, 0.15) is 38.5 Å². The molecule has 148 valence electrons. The molecule has 4 saturated carbocycles. The molecule has 0 spiro atoms. The largest absolute Gasteiger partial charge is 0.376 e. The van der Waals surface area contributed by atoms with Gasteiger partial charge in [0.2, 0.25) is 5.91 Å². The zero-order chi connectivity index (χ0) is 19.1. The average Bonchev–Trinajstić information content (AvgIpc) is 2.67. The summed E-state index contributed by atoms with van der Waals surface area (Å²) in [4.78, 5) is 12.7. The van der Waals surface area contributed by atoms with Crippen molar-refractivity contribution in [1.82, 2.24) is 5.32 Å². The van der Waals surface area contributed by atoms with E-state index < -0.39 is 9.84 Å². The molecular formula is C21H29NO4S. The van der Waals surface area contributed by atoms with Crippen LogP contribution < -0.4 is 5.32 Å². The van der Waals surface area contributed by atoms with Crippen molar-refractivity contribution in [2.75, 3.05) is 19.4 Å². The minimum atomic E-state index is -3.43. The molecule has 4 aliphatic carbocycles. The van der Waals surface area contributed by atoms with Gasteiger partial charge in [-0.15, -0.1) is 0 Å². The molecule has 1 aromatic carbocycles. The van der Waals surface area contributed by atoms with Gasteiger partial charge in [-0.05, 0) is 67.9 Å². The Kier molecular flexibility index (Phi) is 5.06. The molecule has 5 nitrogen and oxygen atoms in total. The zero-order valence-corrected chi connectivity index (χ0v) is 16.7. The van der Waals surface area contributed by atoms with Gasteiger partial charge in [-0.3, -0.25) is 4.79 Å². The van der Waals surface area contributed by atoms with Gasteiger partial charge < -0.3 is 10.1 Å². The summed E-state index contributed by atoms with van der Waals surface area (Å²) >= 11 is 0. The van der Waals surface area contributed by atoms with E-state index >= 15 is 0 Å². The van der Waals surface area contributed by atoms with E-state index in [0.29, 0.717) is 18.4 Å². The van der Waals surface area contributed by atoms with Gasteiger partial charge in [-0.1, -0.05) is 18.2 Å². The molecular weight excluding hydrogens is 362 g/mol. The van der Waals surface area contributed by atoms with Crippen LogP contribution in [0.2, 0.25) is 0 Å². The van der Waals surface area contributed by atoms with Crippen molar-refractivity contribution in [3.8, 4) is 0 Å². The number of nitrogens with one attached hydrogen (secondary N) is 1. The van der Waals surface area contributed by atoms with E-state index in [0.717, 1.165) is 11.8 Å². The van der Waals surface area contributed by atoms with Crippen LogP contribution in [0.15, 0.2) is 35.2 Å². The van der Waals surface area contributed by atoms with Crippen molar-refractivity contribution >= 4 is 15.7 Å². The van der Waals surface area contributed by atoms with Crippen molar-refractivity contribution in [2.45, 2.75) is 49.0 Å². The summed E-state index contributed by atoms with van der Waals surface area (Å²) in [6, 6.07) is 8.31. The quantitative estimate of drug-likeness (QED) is 0.776. The molecule has 1 aromatic rings. The highest BCUT2D eigenvalue weighted by atomic mass is 32.2. The molecule has 0 aromatic heterocycles. The maximum Gasteiger partial charge on any atom is 0.221 e. The number of hydrogen-bond acceptors (Lipinski definition) is 4. The van der Waals surface area contributed by atoms with Gasteiger partial charge in [-0.2, -0.15) is 0 Å². The Morgan fingerprint density at radius 2 is 1.67 bits per heavy atom. The van der Waals surface area contributed by atoms with Crippen LogP contribution in [-0.4, -0.2) is 39.3 Å². The third kappa shape index (κ3) is 3.54. The highest BCUT2D eigenvalue weighted by Crippen LogP contribution is 2.59. The maximum atomic E-state index is 12.4. The fourth-order valence-corrected chi connectivity index (χ4v) is 7.24. The highest BCUT2D eigenvalue weighted by Gasteiger charge is 2.57. The zero-order valence-electron chi connectivity index (χ0n) is 15.9. The lowest BCUT2D eigenvalue weighted by atomic mass is 9.49. The molecule has 0 aliphatic heterocycles. The van der Waals surface area contributed by atoms with Crippen LogP contribution in [0, 0.1) is 23.7 Å². The third-order valence-electron chi connectivity index (χ3n) is 7.16. The second-order valence-corrected chi connectivity index (χ2v) is 10.7. The van der Waals surface area contributed by atoms with Gasteiger partial charge in [0, 0.05) is 20.1 Å². The molecule has 0 heterocycles. The monoisotopic (exact) mass is 391 g/mol. The molecule has 0 saturated heterocycles. The van der Waals surface area contributed by atoms with Crippen molar-refractivity contribution < 1.29 is 17.9 Å². The number of sulfone groups is 1. The van der Waals surface area contributed by atoms with Crippen LogP contribution in [0.5, 0.6) is 0 Å². The first-order valence-electron chi connectivity index (χ1n) is 10.0. The molecule has 0 atom stereocenters. The van der Waals surface area contributed by atoms with E-state index in [-0.39, 0.29) is 28.6 Å². The van der Waals surface area contributed by atoms with E-state index in [9.17, 15) is 13.2 Å². The Bertz CT molecular complexity index is 762. The minimum absolute atomic E-state index is 0.0163. The van der Waals surface area contributed by atoms with Crippen molar-refractivity contribution in [1.29, 1.82) is 0 Å². The summed E-state index contributed by atoms with van der Waals surface area (Å²) in [6.07, 6.45) is 6.19. The fraction of sp³-hybridized carbons (Fsp3) is 0.667. The fourth-order valence-electron chi connectivity index (χ4n) is 5.97. The van der Waals surface area contributed by atoms with Gasteiger partial charge in [0.15, 0.2) is 9.84 Å². The number of amides is 1. The Morgan fingerprint density at radius 1 is 1.07 bits per heavy atom. The molecule has 4 aliphatic rings. The summed E-state index contributed by atoms with van der Waals surface area (Å²) < 4.78 is 30.8. The summed E-state index contributed by atoms with van der Waals surface area (Å²) in [5, 5.41) is 3.00. The normalized spacial score (nSPS) is 34.6. The van der Waals surface area contributed by atoms with Crippen LogP contribution in [0.4, 0.5) is 0 Å². The maximum absolute atomic E-state index is 12.4. The average molecular weight is 392 g/mol. The lowest BCUT2D eigenvalue weighted by molar-refractivity contribution is -0.188. The summed E-state index contributed by atoms with van der Waals surface area (Å²) in [5.74, 6) is 2.34. The summed E-state index contributed by atoms with van der Waals surface area (Å²) in [6.45, 7) is 0.502. The molecule has 0 radical (unpaired) electrons. The first-order chi connectivity index (χ1) is 12.9. The molecule has 1 N–H and O–H groups in total. The van der Waals surface area contributed by atoms with Crippen molar-refractivity contribution in [2.24, 2.45) is 23.7 Å². The lowest BCUT2D eigenvalue weighted by Crippen LogP contribution is -2.63. The van der Waals surface area contributed by atoms with Gasteiger partial charge >= 0.3 is 0 Å². The first kappa shape index (κ1) is 18.9. The molecule has 1 amide bonds. The predicted molar refractivity (Wildman–Crippen MR) is 103 cm³/mol. The topological polar surface area (TPSA) is 72.5 Å². The number of ether oxygens (including phenoxy) is 1. The Balaban J connectivity index is 1.35. The molecule has 4 bridgehead atoms. The number of rotatable bonds is 7. The third-order valence-corrected chi connectivity index (χ3v) is 8.89. The second kappa shape index (κ2) is 7.21. The van der Waals surface area contributed by atoms with Gasteiger partial charge in [0.05, 0.1) is 16.2 Å². The Labute approximate surface area is 161 Å². The highest BCUT2D eigenvalue weighted by molar-refractivity contribution is 7.91. The number of carbonyl (C=O) groups is 1. The second-order valence-electron chi connectivity index (χ2n) is 8.62. The number of hydrogen-bond donors (Lipinski definition) is 1. The van der Waals surface area contributed by atoms with E-state index in [1.54, 1.807) is 37.4 Å². The Hall–Kier alpha value is -1.40. The number of benzene rings is 1. The van der Waals surface area contributed by atoms with Crippen molar-refractivity contribution in [3.63, 3.8) is 0 Å². The standard InChI is InChI=1S/C21H29NO4S/c1-26-21(17-10-15-9-16(12-17)13-18(21)11-15)14-22-20(23)7-8-27(24,25)19-5-3-2-4-6-19/h2-6,15-18H,7-14H2,1H3,(H,22,23). The van der Waals surface area contributed by atoms with Crippen molar-refractivity contribution in [3.05, 3.63) is 30.3 Å². The minimum Gasteiger partial charge on any atom is -0.376 e. The lowest BCUT2D eigenvalue weighted by Gasteiger charge is -2.60. The van der Waals surface area contributed by atoms with Gasteiger partial charge in [0.1, 0.15) is 0 Å². The van der Waals surface area contributed by atoms with Crippen LogP contribution in [0.3, 0.4) is 0 Å². The van der Waals surface area contributed by atoms with Crippen LogP contribution in [0.25, 0.3) is 0 Å². The van der Waals surface area contributed by atoms with E-state index in [4.69, 9.17) is 4.74 Å². The first-order valence-corrected chi connectivity index (χ1v) is 11.7. The SMILES string of the molecule is COC1(CNC(=O)CCS(=O)(=O)c2ccccc2)C2CC3CC(C2)CC1C3. The van der Waals surface area contributed by atoms with Crippen LogP contribution in [-0.2, 0) is 19.4 Å². The molecule has 6 heteroatoms. The molecule has 5 rings (SSSR count). The Morgan fingerprint density at radius 3 is 2.22 bits per heavy atom. The van der Waals surface area contributed by atoms with Gasteiger partial charge in [0.25, 0.3) is 0 Å². The van der Waals surface area contributed by atoms with E-state index in [1.165, 1.54) is 32.1 Å². The van der Waals surface area contributed by atoms with Crippen LogP contribution >= 0.6 is 0 Å². The summed E-state index contributed by atoms with van der Waals surface area (Å²) in [5.41, 5.74) is -0.263. The molecule has 0 unspecified atom stereocenters. The molecule has 27 heavy (non-hydrogen) atoms. The smallest absolute Gasteiger partial charge is 0.221 e. The predicted octanol–water partition coefficient (Wildman–Crippen LogP) is 2.81. The van der Waals surface area contributed by atoms with E-state index in [2.05, 4.69) is 5.32 Å². The van der Waals surface area contributed by atoms with Gasteiger partial charge in [-0.25, -0.2) is 8.42 Å². The number of carbonyl (C=O) groups excluding carboxylic acids is 1. The molecule has 4 fully saturated rings.